The molecule has 2 rings (SSSR count). The largest absolute Gasteiger partial charge is 0.497 e. The second-order valence-corrected chi connectivity index (χ2v) is 8.68. The number of thioether (sulfide) groups is 1. The van der Waals surface area contributed by atoms with Crippen LogP contribution in [0.25, 0.3) is 0 Å². The number of rotatable bonds is 12. The third kappa shape index (κ3) is 7.55. The lowest BCUT2D eigenvalue weighted by Gasteiger charge is -2.31. The second-order valence-electron chi connectivity index (χ2n) is 7.70. The van der Waals surface area contributed by atoms with Gasteiger partial charge in [0.1, 0.15) is 17.6 Å². The summed E-state index contributed by atoms with van der Waals surface area (Å²) >= 11 is 1.35. The summed E-state index contributed by atoms with van der Waals surface area (Å²) in [5.41, 5.74) is 1.47. The molecule has 32 heavy (non-hydrogen) atoms. The lowest BCUT2D eigenvalue weighted by molar-refractivity contribution is -0.139. The minimum absolute atomic E-state index is 0.0323. The van der Waals surface area contributed by atoms with Gasteiger partial charge in [0.15, 0.2) is 0 Å². The lowest BCUT2D eigenvalue weighted by Crippen LogP contribution is -2.51. The summed E-state index contributed by atoms with van der Waals surface area (Å²) in [6.45, 7) is 6.17. The number of carbonyl (C=O) groups is 2. The first-order chi connectivity index (χ1) is 15.4. The minimum Gasteiger partial charge on any atom is -0.497 e. The van der Waals surface area contributed by atoms with Crippen molar-refractivity contribution >= 4 is 23.6 Å². The van der Waals surface area contributed by atoms with Crippen molar-refractivity contribution in [2.75, 3.05) is 12.9 Å². The van der Waals surface area contributed by atoms with E-state index in [1.54, 1.807) is 30.2 Å². The molecule has 5 nitrogen and oxygen atoms in total. The van der Waals surface area contributed by atoms with Crippen LogP contribution in [0.4, 0.5) is 4.39 Å². The first kappa shape index (κ1) is 25.7. The zero-order valence-electron chi connectivity index (χ0n) is 19.3. The molecule has 0 spiro atoms. The molecule has 0 saturated carbocycles. The molecule has 0 unspecified atom stereocenters. The number of hydrogen-bond donors (Lipinski definition) is 1. The number of ether oxygens (including phenoxy) is 1. The van der Waals surface area contributed by atoms with Crippen LogP contribution in [0.2, 0.25) is 0 Å². The number of benzene rings is 2. The van der Waals surface area contributed by atoms with Crippen LogP contribution in [0.15, 0.2) is 48.5 Å². The Morgan fingerprint density at radius 3 is 2.38 bits per heavy atom. The molecule has 0 bridgehead atoms. The number of amides is 2. The molecule has 174 valence electrons. The molecule has 0 fully saturated rings. The fourth-order valence-electron chi connectivity index (χ4n) is 3.23. The highest BCUT2D eigenvalue weighted by molar-refractivity contribution is 7.99. The van der Waals surface area contributed by atoms with Gasteiger partial charge in [-0.1, -0.05) is 44.2 Å². The van der Waals surface area contributed by atoms with Crippen LogP contribution >= 0.6 is 11.8 Å². The molecule has 0 aliphatic carbocycles. The van der Waals surface area contributed by atoms with Gasteiger partial charge in [-0.25, -0.2) is 4.39 Å². The maximum absolute atomic E-state index is 13.9. The number of nitrogens with zero attached hydrogens (tertiary/aromatic N) is 1. The van der Waals surface area contributed by atoms with Gasteiger partial charge in [-0.15, -0.1) is 11.8 Å². The van der Waals surface area contributed by atoms with Gasteiger partial charge < -0.3 is 15.0 Å². The Bertz CT molecular complexity index is 876. The second kappa shape index (κ2) is 13.1. The monoisotopic (exact) mass is 460 g/mol. The molecule has 2 amide bonds. The molecule has 2 aromatic rings. The SMILES string of the molecule is CC[C@H](C(=O)N[C@@H](C)CC)N(Cc1ccc(OC)cc1)C(=O)CSCc1ccccc1F. The Labute approximate surface area is 194 Å². The van der Waals surface area contributed by atoms with Crippen molar-refractivity contribution in [1.82, 2.24) is 10.2 Å². The van der Waals surface area contributed by atoms with Gasteiger partial charge in [0, 0.05) is 18.3 Å². The summed E-state index contributed by atoms with van der Waals surface area (Å²) < 4.78 is 19.1. The van der Waals surface area contributed by atoms with Gasteiger partial charge >= 0.3 is 0 Å². The molecule has 0 aromatic heterocycles. The number of nitrogens with one attached hydrogen (secondary N) is 1. The molecule has 2 atom stereocenters. The number of carbonyl (C=O) groups excluding carboxylic acids is 2. The van der Waals surface area contributed by atoms with Gasteiger partial charge in [0.05, 0.1) is 12.9 Å². The van der Waals surface area contributed by atoms with Crippen LogP contribution in [0.5, 0.6) is 5.75 Å². The Balaban J connectivity index is 2.15. The summed E-state index contributed by atoms with van der Waals surface area (Å²) in [6.07, 6.45) is 1.31. The van der Waals surface area contributed by atoms with Crippen molar-refractivity contribution in [2.45, 2.75) is 58.0 Å². The van der Waals surface area contributed by atoms with E-state index in [1.165, 1.54) is 17.8 Å². The molecular weight excluding hydrogens is 427 g/mol. The normalized spacial score (nSPS) is 12.7. The fraction of sp³-hybridized carbons (Fsp3) is 0.440. The van der Waals surface area contributed by atoms with Gasteiger partial charge in [-0.2, -0.15) is 0 Å². The summed E-state index contributed by atoms with van der Waals surface area (Å²) in [6, 6.07) is 13.5. The molecule has 0 radical (unpaired) electrons. The van der Waals surface area contributed by atoms with Gasteiger partial charge in [0.25, 0.3) is 0 Å². The van der Waals surface area contributed by atoms with E-state index in [9.17, 15) is 14.0 Å². The van der Waals surface area contributed by atoms with Crippen molar-refractivity contribution < 1.29 is 18.7 Å². The van der Waals surface area contributed by atoms with Crippen LogP contribution in [0.1, 0.15) is 44.7 Å². The van der Waals surface area contributed by atoms with E-state index in [1.807, 2.05) is 45.0 Å². The zero-order chi connectivity index (χ0) is 23.5. The standard InChI is InChI=1S/C25H33FN2O3S/c1-5-18(3)27-25(30)23(6-2)28(15-19-11-13-21(31-4)14-12-19)24(29)17-32-16-20-9-7-8-10-22(20)26/h7-14,18,23H,5-6,15-17H2,1-4H3,(H,27,30)/t18-,23+/m0/s1. The van der Waals surface area contributed by atoms with Crippen LogP contribution < -0.4 is 10.1 Å². The zero-order valence-corrected chi connectivity index (χ0v) is 20.1. The smallest absolute Gasteiger partial charge is 0.243 e. The first-order valence-corrected chi connectivity index (χ1v) is 12.1. The molecular formula is C25H33FN2O3S. The maximum Gasteiger partial charge on any atom is 0.243 e. The molecule has 0 saturated heterocycles. The van der Waals surface area contributed by atoms with E-state index in [2.05, 4.69) is 5.32 Å². The quantitative estimate of drug-likeness (QED) is 0.495. The van der Waals surface area contributed by atoms with E-state index in [0.29, 0.717) is 24.3 Å². The van der Waals surface area contributed by atoms with E-state index in [0.717, 1.165) is 17.7 Å². The number of halogens is 1. The van der Waals surface area contributed by atoms with Crippen LogP contribution in [0.3, 0.4) is 0 Å². The number of hydrogen-bond acceptors (Lipinski definition) is 4. The Morgan fingerprint density at radius 2 is 1.78 bits per heavy atom. The van der Waals surface area contributed by atoms with Crippen molar-refractivity contribution in [2.24, 2.45) is 0 Å². The maximum atomic E-state index is 13.9. The summed E-state index contributed by atoms with van der Waals surface area (Å²) in [5.74, 6) is 0.717. The average Bonchev–Trinajstić information content (AvgIpc) is 2.80. The predicted octanol–water partition coefficient (Wildman–Crippen LogP) is 4.79. The topological polar surface area (TPSA) is 58.6 Å². The van der Waals surface area contributed by atoms with Crippen LogP contribution in [0, 0.1) is 5.82 Å². The highest BCUT2D eigenvalue weighted by atomic mass is 32.2. The molecule has 1 N–H and O–H groups in total. The van der Waals surface area contributed by atoms with Crippen LogP contribution in [-0.4, -0.2) is 41.7 Å². The van der Waals surface area contributed by atoms with E-state index < -0.39 is 6.04 Å². The molecule has 2 aromatic carbocycles. The van der Waals surface area contributed by atoms with Gasteiger partial charge in [0.2, 0.25) is 11.8 Å². The summed E-state index contributed by atoms with van der Waals surface area (Å²) in [7, 11) is 1.60. The minimum atomic E-state index is -0.576. The fourth-order valence-corrected chi connectivity index (χ4v) is 4.13. The number of methoxy groups -OCH3 is 1. The molecule has 0 aliphatic heterocycles. The van der Waals surface area contributed by atoms with E-state index in [-0.39, 0.29) is 29.4 Å². The molecule has 0 aliphatic rings. The Hall–Kier alpha value is -2.54. The van der Waals surface area contributed by atoms with E-state index >= 15 is 0 Å². The summed E-state index contributed by atoms with van der Waals surface area (Å²) in [4.78, 5) is 27.8. The lowest BCUT2D eigenvalue weighted by atomic mass is 10.1. The van der Waals surface area contributed by atoms with Crippen molar-refractivity contribution in [3.8, 4) is 5.75 Å². The highest BCUT2D eigenvalue weighted by Gasteiger charge is 2.29. The third-order valence-corrected chi connectivity index (χ3v) is 6.31. The van der Waals surface area contributed by atoms with Crippen molar-refractivity contribution in [1.29, 1.82) is 0 Å². The van der Waals surface area contributed by atoms with Gasteiger partial charge in [-0.3, -0.25) is 9.59 Å². The van der Waals surface area contributed by atoms with E-state index in [4.69, 9.17) is 4.74 Å². The third-order valence-electron chi connectivity index (χ3n) is 5.34. The average molecular weight is 461 g/mol. The predicted molar refractivity (Wildman–Crippen MR) is 128 cm³/mol. The highest BCUT2D eigenvalue weighted by Crippen LogP contribution is 2.20. The van der Waals surface area contributed by atoms with Crippen LogP contribution in [-0.2, 0) is 21.9 Å². The van der Waals surface area contributed by atoms with Crippen molar-refractivity contribution in [3.05, 3.63) is 65.5 Å². The molecule has 7 heteroatoms. The first-order valence-electron chi connectivity index (χ1n) is 10.9. The summed E-state index contributed by atoms with van der Waals surface area (Å²) in [5, 5.41) is 3.00. The van der Waals surface area contributed by atoms with Crippen molar-refractivity contribution in [3.63, 3.8) is 0 Å². The van der Waals surface area contributed by atoms with Gasteiger partial charge in [-0.05, 0) is 49.1 Å². The Morgan fingerprint density at radius 1 is 1.09 bits per heavy atom. The Kier molecular flexibility index (Phi) is 10.5. The molecule has 0 heterocycles.